The summed E-state index contributed by atoms with van der Waals surface area (Å²) in [5.74, 6) is 0.574. The van der Waals surface area contributed by atoms with Crippen LogP contribution >= 0.6 is 22.9 Å². The van der Waals surface area contributed by atoms with Crippen LogP contribution in [0.4, 0.5) is 13.2 Å². The van der Waals surface area contributed by atoms with Gasteiger partial charge in [0, 0.05) is 31.1 Å². The van der Waals surface area contributed by atoms with E-state index >= 15 is 0 Å². The summed E-state index contributed by atoms with van der Waals surface area (Å²) in [5.41, 5.74) is 0.0552. The number of thiazole rings is 1. The standard InChI is InChI=1S/C15H17ClF3N5S/c1-2-20-14(23-8-10-3-4-12(16)22-7-10)21-6-5-13-24-11(9-25-13)15(17,18)19/h3-4,7,9H,2,5-6,8H2,1H3,(H2,20,21,23). The van der Waals surface area contributed by atoms with Crippen LogP contribution in [0.2, 0.25) is 5.15 Å². The van der Waals surface area contributed by atoms with Crippen molar-refractivity contribution in [1.29, 1.82) is 0 Å². The third-order valence-electron chi connectivity index (χ3n) is 3.03. The van der Waals surface area contributed by atoms with Crippen molar-refractivity contribution in [2.24, 2.45) is 4.99 Å². The van der Waals surface area contributed by atoms with Gasteiger partial charge in [-0.3, -0.25) is 0 Å². The SMILES string of the molecule is CCNC(=NCc1ccc(Cl)nc1)NCCc1nc(C(F)(F)F)cs1. The highest BCUT2D eigenvalue weighted by Crippen LogP contribution is 2.29. The van der Waals surface area contributed by atoms with Gasteiger partial charge in [0.15, 0.2) is 11.7 Å². The fourth-order valence-electron chi connectivity index (χ4n) is 1.86. The zero-order valence-corrected chi connectivity index (χ0v) is 15.0. The predicted molar refractivity (Wildman–Crippen MR) is 92.9 cm³/mol. The topological polar surface area (TPSA) is 62.2 Å². The molecular weight excluding hydrogens is 375 g/mol. The molecular formula is C15H17ClF3N5S. The Morgan fingerprint density at radius 1 is 1.32 bits per heavy atom. The van der Waals surface area contributed by atoms with Crippen LogP contribution in [0.3, 0.4) is 0 Å². The fourth-order valence-corrected chi connectivity index (χ4v) is 2.77. The lowest BCUT2D eigenvalue weighted by molar-refractivity contribution is -0.140. The van der Waals surface area contributed by atoms with Gasteiger partial charge in [0.05, 0.1) is 11.6 Å². The number of rotatable bonds is 6. The first kappa shape index (κ1) is 19.5. The van der Waals surface area contributed by atoms with E-state index in [4.69, 9.17) is 11.6 Å². The van der Waals surface area contributed by atoms with Gasteiger partial charge in [0.2, 0.25) is 0 Å². The first-order valence-corrected chi connectivity index (χ1v) is 8.78. The third kappa shape index (κ3) is 6.50. The lowest BCUT2D eigenvalue weighted by atomic mass is 10.3. The van der Waals surface area contributed by atoms with Crippen LogP contribution in [-0.4, -0.2) is 29.0 Å². The molecule has 10 heteroatoms. The molecule has 0 aliphatic heterocycles. The molecule has 2 rings (SSSR count). The van der Waals surface area contributed by atoms with Gasteiger partial charge in [-0.2, -0.15) is 13.2 Å². The Morgan fingerprint density at radius 2 is 2.12 bits per heavy atom. The quantitative estimate of drug-likeness (QED) is 0.449. The molecule has 2 N–H and O–H groups in total. The highest BCUT2D eigenvalue weighted by atomic mass is 35.5. The predicted octanol–water partition coefficient (Wildman–Crippen LogP) is 3.51. The summed E-state index contributed by atoms with van der Waals surface area (Å²) in [4.78, 5) is 12.0. The van der Waals surface area contributed by atoms with E-state index in [0.29, 0.717) is 42.2 Å². The van der Waals surface area contributed by atoms with Gasteiger partial charge in [0.1, 0.15) is 5.15 Å². The van der Waals surface area contributed by atoms with E-state index in [0.717, 1.165) is 22.3 Å². The van der Waals surface area contributed by atoms with Crippen LogP contribution in [0, 0.1) is 0 Å². The number of hydrogen-bond acceptors (Lipinski definition) is 4. The van der Waals surface area contributed by atoms with Crippen molar-refractivity contribution in [3.05, 3.63) is 45.1 Å². The molecule has 0 saturated carbocycles. The molecule has 2 heterocycles. The molecule has 0 spiro atoms. The number of nitrogens with one attached hydrogen (secondary N) is 2. The minimum atomic E-state index is -4.40. The summed E-state index contributed by atoms with van der Waals surface area (Å²) in [6.07, 6.45) is -2.37. The van der Waals surface area contributed by atoms with E-state index < -0.39 is 11.9 Å². The molecule has 0 bridgehead atoms. The number of halogens is 4. The maximum absolute atomic E-state index is 12.5. The Kier molecular flexibility index (Phi) is 7.01. The summed E-state index contributed by atoms with van der Waals surface area (Å²) < 4.78 is 37.6. The molecule has 25 heavy (non-hydrogen) atoms. The van der Waals surface area contributed by atoms with Crippen LogP contribution in [0.15, 0.2) is 28.7 Å². The normalized spacial score (nSPS) is 12.3. The van der Waals surface area contributed by atoms with E-state index in [1.54, 1.807) is 12.3 Å². The Morgan fingerprint density at radius 3 is 2.72 bits per heavy atom. The Bertz CT molecular complexity index is 700. The maximum atomic E-state index is 12.5. The molecule has 0 radical (unpaired) electrons. The second-order valence-corrected chi connectivity index (χ2v) is 6.32. The molecule has 2 aromatic rings. The molecule has 0 saturated heterocycles. The van der Waals surface area contributed by atoms with E-state index in [-0.39, 0.29) is 0 Å². The van der Waals surface area contributed by atoms with E-state index in [1.807, 2.05) is 13.0 Å². The second kappa shape index (κ2) is 9.00. The molecule has 5 nitrogen and oxygen atoms in total. The molecule has 0 aromatic carbocycles. The third-order valence-corrected chi connectivity index (χ3v) is 4.16. The second-order valence-electron chi connectivity index (χ2n) is 4.99. The average molecular weight is 392 g/mol. The number of hydrogen-bond donors (Lipinski definition) is 2. The Balaban J connectivity index is 1.87. The van der Waals surface area contributed by atoms with Crippen molar-refractivity contribution in [1.82, 2.24) is 20.6 Å². The fraction of sp³-hybridized carbons (Fsp3) is 0.400. The number of aliphatic imine (C=N–C) groups is 1. The lowest BCUT2D eigenvalue weighted by Gasteiger charge is -2.10. The van der Waals surface area contributed by atoms with Crippen LogP contribution in [0.25, 0.3) is 0 Å². The van der Waals surface area contributed by atoms with Crippen LogP contribution < -0.4 is 10.6 Å². The molecule has 2 aromatic heterocycles. The summed E-state index contributed by atoms with van der Waals surface area (Å²) in [7, 11) is 0. The molecule has 0 unspecified atom stereocenters. The van der Waals surface area contributed by atoms with Crippen molar-refractivity contribution < 1.29 is 13.2 Å². The summed E-state index contributed by atoms with van der Waals surface area (Å²) in [5, 5.41) is 8.03. The maximum Gasteiger partial charge on any atom is 0.434 e. The summed E-state index contributed by atoms with van der Waals surface area (Å²) >= 11 is 6.73. The number of aromatic nitrogens is 2. The molecule has 0 atom stereocenters. The van der Waals surface area contributed by atoms with Gasteiger partial charge in [-0.15, -0.1) is 11.3 Å². The van der Waals surface area contributed by atoms with Crippen LogP contribution in [0.5, 0.6) is 0 Å². The van der Waals surface area contributed by atoms with E-state index in [1.165, 1.54) is 0 Å². The summed E-state index contributed by atoms with van der Waals surface area (Å²) in [6, 6.07) is 3.52. The van der Waals surface area contributed by atoms with E-state index in [2.05, 4.69) is 25.6 Å². The molecule has 136 valence electrons. The van der Waals surface area contributed by atoms with Gasteiger partial charge in [-0.1, -0.05) is 17.7 Å². The Labute approximate surface area is 152 Å². The molecule has 0 fully saturated rings. The number of alkyl halides is 3. The minimum absolute atomic E-state index is 0.383. The largest absolute Gasteiger partial charge is 0.434 e. The summed E-state index contributed by atoms with van der Waals surface area (Å²) in [6.45, 7) is 3.43. The zero-order chi connectivity index (χ0) is 18.3. The minimum Gasteiger partial charge on any atom is -0.357 e. The van der Waals surface area contributed by atoms with Gasteiger partial charge < -0.3 is 10.6 Å². The van der Waals surface area contributed by atoms with E-state index in [9.17, 15) is 13.2 Å². The highest BCUT2D eigenvalue weighted by molar-refractivity contribution is 7.09. The van der Waals surface area contributed by atoms with Crippen molar-refractivity contribution in [2.75, 3.05) is 13.1 Å². The smallest absolute Gasteiger partial charge is 0.357 e. The molecule has 0 aliphatic carbocycles. The number of guanidine groups is 1. The molecule has 0 amide bonds. The number of pyridine rings is 1. The lowest BCUT2D eigenvalue weighted by Crippen LogP contribution is -2.38. The van der Waals surface area contributed by atoms with Crippen molar-refractivity contribution in [2.45, 2.75) is 26.1 Å². The monoisotopic (exact) mass is 391 g/mol. The van der Waals surface area contributed by atoms with Gasteiger partial charge in [0.25, 0.3) is 0 Å². The zero-order valence-electron chi connectivity index (χ0n) is 13.4. The van der Waals surface area contributed by atoms with Gasteiger partial charge >= 0.3 is 6.18 Å². The first-order chi connectivity index (χ1) is 11.9. The van der Waals surface area contributed by atoms with Crippen LogP contribution in [0.1, 0.15) is 23.2 Å². The van der Waals surface area contributed by atoms with Crippen LogP contribution in [-0.2, 0) is 19.1 Å². The van der Waals surface area contributed by atoms with Crippen molar-refractivity contribution in [3.63, 3.8) is 0 Å². The Hall–Kier alpha value is -1.87. The highest BCUT2D eigenvalue weighted by Gasteiger charge is 2.33. The number of nitrogens with zero attached hydrogens (tertiary/aromatic N) is 3. The van der Waals surface area contributed by atoms with Crippen molar-refractivity contribution in [3.8, 4) is 0 Å². The first-order valence-electron chi connectivity index (χ1n) is 7.52. The average Bonchev–Trinajstić information content (AvgIpc) is 3.03. The van der Waals surface area contributed by atoms with Gasteiger partial charge in [-0.05, 0) is 18.6 Å². The van der Waals surface area contributed by atoms with Crippen molar-refractivity contribution >= 4 is 28.9 Å². The molecule has 0 aliphatic rings. The van der Waals surface area contributed by atoms with Gasteiger partial charge in [-0.25, -0.2) is 15.0 Å².